The van der Waals surface area contributed by atoms with E-state index < -0.39 is 6.10 Å². The van der Waals surface area contributed by atoms with Crippen molar-refractivity contribution in [1.82, 2.24) is 9.80 Å². The molecule has 1 N–H and O–H groups in total. The lowest BCUT2D eigenvalue weighted by Gasteiger charge is -2.37. The Bertz CT molecular complexity index is 1170. The van der Waals surface area contributed by atoms with Crippen molar-refractivity contribution < 1.29 is 24.1 Å². The van der Waals surface area contributed by atoms with Crippen LogP contribution in [0.2, 0.25) is 0 Å². The van der Waals surface area contributed by atoms with Crippen molar-refractivity contribution in [1.29, 1.82) is 0 Å². The number of rotatable bonds is 14. The first kappa shape index (κ1) is 27.9. The summed E-state index contributed by atoms with van der Waals surface area (Å²) in [6.07, 6.45) is 1.86. The molecule has 1 aliphatic heterocycles. The zero-order chi connectivity index (χ0) is 26.7. The summed E-state index contributed by atoms with van der Waals surface area (Å²) in [4.78, 5) is 18.7. The molecule has 0 unspecified atom stereocenters. The van der Waals surface area contributed by atoms with E-state index >= 15 is 0 Å². The van der Waals surface area contributed by atoms with E-state index in [0.29, 0.717) is 38.6 Å². The molecule has 38 heavy (non-hydrogen) atoms. The van der Waals surface area contributed by atoms with E-state index in [1.54, 1.807) is 24.5 Å². The third-order valence-corrected chi connectivity index (χ3v) is 7.50. The molecule has 1 amide bonds. The van der Waals surface area contributed by atoms with E-state index in [-0.39, 0.29) is 25.1 Å². The Kier molecular flexibility index (Phi) is 10.3. The highest BCUT2D eigenvalue weighted by Gasteiger charge is 2.33. The maximum absolute atomic E-state index is 13.6. The molecule has 0 fully saturated rings. The number of thiophene rings is 1. The topological polar surface area (TPSA) is 71.5 Å². The summed E-state index contributed by atoms with van der Waals surface area (Å²) in [7, 11) is 1.62. The van der Waals surface area contributed by atoms with E-state index in [4.69, 9.17) is 14.2 Å². The van der Waals surface area contributed by atoms with Gasteiger partial charge in [-0.2, -0.15) is 0 Å². The van der Waals surface area contributed by atoms with Gasteiger partial charge in [-0.1, -0.05) is 42.5 Å². The molecule has 1 aromatic heterocycles. The molecule has 202 valence electrons. The Balaban J connectivity index is 1.36. The fraction of sp³-hybridized carbons (Fsp3) is 0.367. The Morgan fingerprint density at radius 1 is 1.21 bits per heavy atom. The minimum atomic E-state index is -0.719. The SMILES string of the molecule is C=CCN(CC(=O)N1CCc2sccc2[C@@H]1COc1cccc(OC)c1)C[C@@H](O)COCc1ccccc1. The molecule has 8 heteroatoms. The molecule has 0 aliphatic carbocycles. The minimum Gasteiger partial charge on any atom is -0.497 e. The average Bonchev–Trinajstić information content (AvgIpc) is 3.42. The smallest absolute Gasteiger partial charge is 0.237 e. The molecule has 3 aromatic rings. The minimum absolute atomic E-state index is 0.000321. The first-order chi connectivity index (χ1) is 18.6. The van der Waals surface area contributed by atoms with E-state index in [1.165, 1.54) is 4.88 Å². The lowest BCUT2D eigenvalue weighted by Crippen LogP contribution is -2.48. The Morgan fingerprint density at radius 2 is 2.03 bits per heavy atom. The predicted octanol–water partition coefficient (Wildman–Crippen LogP) is 4.33. The predicted molar refractivity (Wildman–Crippen MR) is 150 cm³/mol. The summed E-state index contributed by atoms with van der Waals surface area (Å²) in [5, 5.41) is 12.7. The van der Waals surface area contributed by atoms with Gasteiger partial charge < -0.3 is 24.2 Å². The van der Waals surface area contributed by atoms with Gasteiger partial charge in [-0.05, 0) is 41.1 Å². The first-order valence-electron chi connectivity index (χ1n) is 12.8. The van der Waals surface area contributed by atoms with Crippen LogP contribution in [0.3, 0.4) is 0 Å². The number of carbonyl (C=O) groups excluding carboxylic acids is 1. The van der Waals surface area contributed by atoms with E-state index in [2.05, 4.69) is 18.0 Å². The van der Waals surface area contributed by atoms with Crippen molar-refractivity contribution in [2.75, 3.05) is 46.5 Å². The molecule has 0 saturated heterocycles. The average molecular weight is 537 g/mol. The zero-order valence-corrected chi connectivity index (χ0v) is 22.6. The van der Waals surface area contributed by atoms with Gasteiger partial charge in [0.2, 0.25) is 5.91 Å². The first-order valence-corrected chi connectivity index (χ1v) is 13.7. The lowest BCUT2D eigenvalue weighted by atomic mass is 10.0. The number of nitrogens with zero attached hydrogens (tertiary/aromatic N) is 2. The van der Waals surface area contributed by atoms with Crippen molar-refractivity contribution in [3.63, 3.8) is 0 Å². The highest BCUT2D eigenvalue weighted by Crippen LogP contribution is 2.34. The molecule has 1 aliphatic rings. The monoisotopic (exact) mass is 536 g/mol. The fourth-order valence-electron chi connectivity index (χ4n) is 4.65. The van der Waals surface area contributed by atoms with Gasteiger partial charge in [0.15, 0.2) is 0 Å². The number of methoxy groups -OCH3 is 1. The fourth-order valence-corrected chi connectivity index (χ4v) is 5.58. The molecule has 4 rings (SSSR count). The van der Waals surface area contributed by atoms with Crippen LogP contribution in [0.5, 0.6) is 11.5 Å². The second-order valence-corrected chi connectivity index (χ2v) is 10.3. The van der Waals surface area contributed by atoms with Gasteiger partial charge in [0.1, 0.15) is 18.1 Å². The summed E-state index contributed by atoms with van der Waals surface area (Å²) < 4.78 is 17.1. The van der Waals surface area contributed by atoms with Gasteiger partial charge in [-0.25, -0.2) is 0 Å². The highest BCUT2D eigenvalue weighted by molar-refractivity contribution is 7.10. The van der Waals surface area contributed by atoms with Crippen LogP contribution in [0.4, 0.5) is 0 Å². The van der Waals surface area contributed by atoms with E-state index in [9.17, 15) is 9.90 Å². The Hall–Kier alpha value is -3.17. The Labute approximate surface area is 228 Å². The normalized spacial score (nSPS) is 15.7. The molecule has 2 atom stereocenters. The number of carbonyl (C=O) groups is 1. The number of aliphatic hydroxyl groups is 1. The van der Waals surface area contributed by atoms with Gasteiger partial charge in [-0.3, -0.25) is 9.69 Å². The molecular formula is C30H36N2O5S. The number of ether oxygens (including phenoxy) is 3. The molecule has 0 spiro atoms. The van der Waals surface area contributed by atoms with Crippen molar-refractivity contribution in [2.24, 2.45) is 0 Å². The number of hydrogen-bond acceptors (Lipinski definition) is 7. The quantitative estimate of drug-likeness (QED) is 0.310. The molecule has 0 bridgehead atoms. The van der Waals surface area contributed by atoms with E-state index in [1.807, 2.05) is 64.4 Å². The highest BCUT2D eigenvalue weighted by atomic mass is 32.1. The molecule has 2 aromatic carbocycles. The molecule has 2 heterocycles. The van der Waals surface area contributed by atoms with Crippen LogP contribution >= 0.6 is 11.3 Å². The van der Waals surface area contributed by atoms with Gasteiger partial charge in [0.25, 0.3) is 0 Å². The maximum Gasteiger partial charge on any atom is 0.237 e. The third kappa shape index (κ3) is 7.68. The van der Waals surface area contributed by atoms with Gasteiger partial charge in [-0.15, -0.1) is 17.9 Å². The zero-order valence-electron chi connectivity index (χ0n) is 21.8. The number of fused-ring (bicyclic) bond motifs is 1. The lowest BCUT2D eigenvalue weighted by molar-refractivity contribution is -0.136. The van der Waals surface area contributed by atoms with Crippen LogP contribution in [0, 0.1) is 0 Å². The molecule has 7 nitrogen and oxygen atoms in total. The van der Waals surface area contributed by atoms with Gasteiger partial charge >= 0.3 is 0 Å². The number of benzene rings is 2. The van der Waals surface area contributed by atoms with Crippen LogP contribution in [0.15, 0.2) is 78.7 Å². The van der Waals surface area contributed by atoms with Crippen LogP contribution in [0.1, 0.15) is 22.0 Å². The molecule has 0 saturated carbocycles. The second kappa shape index (κ2) is 14.1. The van der Waals surface area contributed by atoms with Gasteiger partial charge in [0.05, 0.1) is 39.0 Å². The van der Waals surface area contributed by atoms with Crippen molar-refractivity contribution >= 4 is 17.2 Å². The van der Waals surface area contributed by atoms with Crippen LogP contribution < -0.4 is 9.47 Å². The molecular weight excluding hydrogens is 500 g/mol. The maximum atomic E-state index is 13.6. The third-order valence-electron chi connectivity index (χ3n) is 6.50. The van der Waals surface area contributed by atoms with Crippen LogP contribution in [-0.4, -0.2) is 73.4 Å². The van der Waals surface area contributed by atoms with E-state index in [0.717, 1.165) is 23.3 Å². The number of hydrogen-bond donors (Lipinski definition) is 1. The summed E-state index contributed by atoms with van der Waals surface area (Å²) in [5.74, 6) is 1.42. The Morgan fingerprint density at radius 3 is 2.82 bits per heavy atom. The van der Waals surface area contributed by atoms with Crippen molar-refractivity contribution in [2.45, 2.75) is 25.2 Å². The van der Waals surface area contributed by atoms with Crippen LogP contribution in [0.25, 0.3) is 0 Å². The molecule has 0 radical (unpaired) electrons. The van der Waals surface area contributed by atoms with Crippen molar-refractivity contribution in [3.8, 4) is 11.5 Å². The summed E-state index contributed by atoms with van der Waals surface area (Å²) in [5.41, 5.74) is 2.19. The van der Waals surface area contributed by atoms with Gasteiger partial charge in [0, 0.05) is 30.6 Å². The standard InChI is InChI=1S/C30H36N2O5S/c1-3-14-31(18-24(33)21-36-20-23-8-5-4-6-9-23)19-30(34)32-15-12-29-27(13-16-38-29)28(32)22-37-26-11-7-10-25(17-26)35-2/h3-11,13,16-17,24,28,33H,1,12,14-15,18-22H2,2H3/t24-,28+/m1/s1. The van der Waals surface area contributed by atoms with Crippen LogP contribution in [-0.2, 0) is 22.6 Å². The summed E-state index contributed by atoms with van der Waals surface area (Å²) in [6, 6.07) is 19.2. The summed E-state index contributed by atoms with van der Waals surface area (Å²) in [6.45, 7) is 6.42. The summed E-state index contributed by atoms with van der Waals surface area (Å²) >= 11 is 1.72. The van der Waals surface area contributed by atoms with Crippen molar-refractivity contribution in [3.05, 3.63) is 94.7 Å². The largest absolute Gasteiger partial charge is 0.497 e. The second-order valence-electron chi connectivity index (χ2n) is 9.28. The number of aliphatic hydroxyl groups excluding tert-OH is 1. The number of amides is 1.